The average Bonchev–Trinajstić information content (AvgIpc) is 3.41. The summed E-state index contributed by atoms with van der Waals surface area (Å²) < 4.78 is 47.9. The van der Waals surface area contributed by atoms with Crippen molar-refractivity contribution < 1.29 is 37.3 Å². The Labute approximate surface area is 414 Å². The number of morpholine rings is 2. The average molecular weight is 982 g/mol. The molecule has 8 aromatic rings. The summed E-state index contributed by atoms with van der Waals surface area (Å²) in [6.07, 6.45) is 3.40. The van der Waals surface area contributed by atoms with Crippen LogP contribution in [0.4, 0.5) is 37.2 Å². The Kier molecular flexibility index (Phi) is 15.9. The molecular formula is C54H51ClF2N8O6. The number of rotatable bonds is 8. The number of methoxy groups -OCH3 is 2. The van der Waals surface area contributed by atoms with Crippen molar-refractivity contribution in [3.05, 3.63) is 160 Å². The molecule has 0 unspecified atom stereocenters. The van der Waals surface area contributed by atoms with E-state index in [0.717, 1.165) is 70.8 Å². The number of esters is 2. The number of carbonyl (C=O) groups is 2. The molecule has 2 aliphatic rings. The van der Waals surface area contributed by atoms with E-state index in [1.165, 1.54) is 38.5 Å². The van der Waals surface area contributed by atoms with Crippen LogP contribution in [0.5, 0.6) is 0 Å². The van der Waals surface area contributed by atoms with Gasteiger partial charge in [-0.25, -0.2) is 28.3 Å². The molecule has 0 radical (unpaired) electrons. The van der Waals surface area contributed by atoms with E-state index in [4.69, 9.17) is 41.3 Å². The van der Waals surface area contributed by atoms with Crippen molar-refractivity contribution in [1.82, 2.24) is 19.9 Å². The standard InChI is InChI=1S/C27H25FN4O3.C15H10ClFN2.C12H16N2O3/c1-17-25(22-7-6-19(28)15-24(22)31-26(17)23-5-3-4-8-29-23)30-20-13-18(27(33)34-2)14-21(16-20)32-9-11-35-12-10-32;1-9-14(16)11-6-5-10(17)8-13(11)19-15(9)12-4-2-3-7-18-12;1-16-12(15)9-6-10(13)8-11(7-9)14-2-4-17-5-3-14/h3-8,13-16H,9-12H2,1-2H3,(H,30,31);2-8H,1H3;6-8H,2-5,13H2,1H3. The van der Waals surface area contributed by atoms with E-state index in [9.17, 15) is 18.4 Å². The molecule has 6 heterocycles. The zero-order valence-corrected chi connectivity index (χ0v) is 40.3. The molecule has 0 aliphatic carbocycles. The van der Waals surface area contributed by atoms with Crippen LogP contribution >= 0.6 is 11.6 Å². The van der Waals surface area contributed by atoms with Crippen LogP contribution in [0.2, 0.25) is 5.02 Å². The largest absolute Gasteiger partial charge is 0.465 e. The molecule has 0 bridgehead atoms. The van der Waals surface area contributed by atoms with Crippen LogP contribution in [0.3, 0.4) is 0 Å². The van der Waals surface area contributed by atoms with Gasteiger partial charge in [-0.05, 0) is 104 Å². The van der Waals surface area contributed by atoms with Gasteiger partial charge in [-0.2, -0.15) is 0 Å². The van der Waals surface area contributed by atoms with Crippen molar-refractivity contribution in [2.75, 3.05) is 87.7 Å². The van der Waals surface area contributed by atoms with Crippen molar-refractivity contribution in [3.8, 4) is 22.8 Å². The fourth-order valence-electron chi connectivity index (χ4n) is 8.23. The molecule has 14 nitrogen and oxygen atoms in total. The molecule has 0 atom stereocenters. The maximum Gasteiger partial charge on any atom is 0.337 e. The Bertz CT molecular complexity index is 3190. The molecule has 17 heteroatoms. The van der Waals surface area contributed by atoms with E-state index in [2.05, 4.69) is 30.1 Å². The van der Waals surface area contributed by atoms with E-state index < -0.39 is 5.97 Å². The second-order valence-corrected chi connectivity index (χ2v) is 16.9. The van der Waals surface area contributed by atoms with Crippen LogP contribution in [0.15, 0.2) is 122 Å². The minimum atomic E-state index is -0.421. The highest BCUT2D eigenvalue weighted by Crippen LogP contribution is 2.37. The number of nitrogens with zero attached hydrogens (tertiary/aromatic N) is 6. The number of hydrogen-bond donors (Lipinski definition) is 2. The molecule has 3 N–H and O–H groups in total. The number of benzene rings is 4. The third-order valence-electron chi connectivity index (χ3n) is 11.8. The Balaban J connectivity index is 0.000000158. The highest BCUT2D eigenvalue weighted by Gasteiger charge is 2.20. The molecule has 4 aromatic carbocycles. The van der Waals surface area contributed by atoms with Crippen LogP contribution in [-0.4, -0.2) is 98.7 Å². The number of anilines is 5. The van der Waals surface area contributed by atoms with Crippen LogP contribution in [0.25, 0.3) is 44.6 Å². The SMILES string of the molecule is COC(=O)c1cc(N)cc(N2CCOCC2)c1.COC(=O)c1cc(Nc2c(C)c(-c3ccccn3)nc3cc(F)ccc23)cc(N2CCOCC2)c1.Cc1c(-c2ccccn2)nc2cc(F)ccc2c1Cl. The van der Waals surface area contributed by atoms with E-state index in [0.29, 0.717) is 82.1 Å². The number of nitrogens with one attached hydrogen (secondary N) is 1. The summed E-state index contributed by atoms with van der Waals surface area (Å²) in [6, 6.07) is 31.0. The van der Waals surface area contributed by atoms with Gasteiger partial charge in [0, 0.05) is 89.8 Å². The summed E-state index contributed by atoms with van der Waals surface area (Å²) in [6.45, 7) is 9.56. The third-order valence-corrected chi connectivity index (χ3v) is 12.3. The number of pyridine rings is 4. The van der Waals surface area contributed by atoms with Gasteiger partial charge < -0.3 is 39.8 Å². The number of fused-ring (bicyclic) bond motifs is 2. The highest BCUT2D eigenvalue weighted by molar-refractivity contribution is 6.36. The lowest BCUT2D eigenvalue weighted by Gasteiger charge is -2.29. The lowest BCUT2D eigenvalue weighted by Crippen LogP contribution is -2.36. The molecule has 4 aromatic heterocycles. The van der Waals surface area contributed by atoms with Gasteiger partial charge in [-0.3, -0.25) is 9.97 Å². The van der Waals surface area contributed by atoms with Gasteiger partial charge in [0.25, 0.3) is 0 Å². The van der Waals surface area contributed by atoms with Gasteiger partial charge in [0.1, 0.15) is 11.6 Å². The van der Waals surface area contributed by atoms with Gasteiger partial charge >= 0.3 is 11.9 Å². The second kappa shape index (κ2) is 22.8. The molecule has 364 valence electrons. The van der Waals surface area contributed by atoms with Crippen molar-refractivity contribution in [2.24, 2.45) is 0 Å². The zero-order valence-electron chi connectivity index (χ0n) is 39.5. The van der Waals surface area contributed by atoms with E-state index in [-0.39, 0.29) is 17.6 Å². The monoisotopic (exact) mass is 980 g/mol. The first-order valence-electron chi connectivity index (χ1n) is 22.7. The first kappa shape index (κ1) is 49.6. The number of carbonyl (C=O) groups excluding carboxylic acids is 2. The molecule has 71 heavy (non-hydrogen) atoms. The van der Waals surface area contributed by atoms with Crippen molar-refractivity contribution >= 4 is 73.8 Å². The fraction of sp³-hybridized carbons (Fsp3) is 0.222. The van der Waals surface area contributed by atoms with Gasteiger partial charge in [0.15, 0.2) is 0 Å². The summed E-state index contributed by atoms with van der Waals surface area (Å²) in [5.41, 5.74) is 16.1. The lowest BCUT2D eigenvalue weighted by molar-refractivity contribution is 0.0592. The molecular weight excluding hydrogens is 930 g/mol. The predicted octanol–water partition coefficient (Wildman–Crippen LogP) is 10.4. The summed E-state index contributed by atoms with van der Waals surface area (Å²) >= 11 is 6.34. The summed E-state index contributed by atoms with van der Waals surface area (Å²) in [5, 5.41) is 5.59. The first-order valence-corrected chi connectivity index (χ1v) is 23.1. The Morgan fingerprint density at radius 1 is 0.634 bits per heavy atom. The smallest absolute Gasteiger partial charge is 0.337 e. The molecule has 10 rings (SSSR count). The van der Waals surface area contributed by atoms with Gasteiger partial charge in [0.05, 0.1) is 96.3 Å². The number of nitrogens with two attached hydrogens (primary N) is 1. The van der Waals surface area contributed by atoms with Gasteiger partial charge in [0.2, 0.25) is 0 Å². The van der Waals surface area contributed by atoms with Crippen molar-refractivity contribution in [3.63, 3.8) is 0 Å². The Morgan fingerprint density at radius 2 is 1.13 bits per heavy atom. The topological polar surface area (TPSA) is 167 Å². The normalized spacial score (nSPS) is 13.4. The third kappa shape index (κ3) is 11.8. The quantitative estimate of drug-likeness (QED) is 0.109. The van der Waals surface area contributed by atoms with Crippen molar-refractivity contribution in [1.29, 1.82) is 0 Å². The van der Waals surface area contributed by atoms with E-state index in [1.807, 2.05) is 68.4 Å². The van der Waals surface area contributed by atoms with E-state index >= 15 is 0 Å². The van der Waals surface area contributed by atoms with Crippen molar-refractivity contribution in [2.45, 2.75) is 13.8 Å². The Hall–Kier alpha value is -7.79. The molecule has 2 fully saturated rings. The van der Waals surface area contributed by atoms with Crippen LogP contribution in [-0.2, 0) is 18.9 Å². The number of hydrogen-bond acceptors (Lipinski definition) is 14. The van der Waals surface area contributed by atoms with Gasteiger partial charge in [-0.15, -0.1) is 0 Å². The molecule has 2 saturated heterocycles. The highest BCUT2D eigenvalue weighted by atomic mass is 35.5. The summed E-state index contributed by atoms with van der Waals surface area (Å²) in [4.78, 5) is 46.2. The van der Waals surface area contributed by atoms with E-state index in [1.54, 1.807) is 42.7 Å². The minimum absolute atomic E-state index is 0.327. The molecule has 0 saturated carbocycles. The number of ether oxygens (including phenoxy) is 4. The van der Waals surface area contributed by atoms with Crippen LogP contribution in [0.1, 0.15) is 31.8 Å². The fourth-order valence-corrected chi connectivity index (χ4v) is 8.48. The number of nitrogen functional groups attached to an aromatic ring is 1. The maximum atomic E-state index is 14.1. The first-order chi connectivity index (χ1) is 34.4. The lowest BCUT2D eigenvalue weighted by atomic mass is 10.0. The minimum Gasteiger partial charge on any atom is -0.465 e. The Morgan fingerprint density at radius 3 is 1.65 bits per heavy atom. The van der Waals surface area contributed by atoms with Crippen LogP contribution in [0, 0.1) is 25.5 Å². The molecule has 0 spiro atoms. The van der Waals surface area contributed by atoms with Crippen LogP contribution < -0.4 is 20.9 Å². The summed E-state index contributed by atoms with van der Waals surface area (Å²) in [7, 11) is 2.73. The number of halogens is 3. The molecule has 2 aliphatic heterocycles. The molecule has 0 amide bonds. The predicted molar refractivity (Wildman–Crippen MR) is 274 cm³/mol. The summed E-state index contributed by atoms with van der Waals surface area (Å²) in [5.74, 6) is -1.48. The number of aromatic nitrogens is 4. The second-order valence-electron chi connectivity index (χ2n) is 16.5. The van der Waals surface area contributed by atoms with Gasteiger partial charge in [-0.1, -0.05) is 23.7 Å². The maximum absolute atomic E-state index is 14.1. The zero-order chi connectivity index (χ0) is 50.0.